The van der Waals surface area contributed by atoms with E-state index in [2.05, 4.69) is 16.8 Å². The minimum absolute atomic E-state index is 0.00334. The molecule has 0 aliphatic rings. The molecule has 0 saturated heterocycles. The Morgan fingerprint density at radius 3 is 2.79 bits per heavy atom. The Hall–Kier alpha value is -0.430. The van der Waals surface area contributed by atoms with Crippen molar-refractivity contribution < 1.29 is 8.42 Å². The summed E-state index contributed by atoms with van der Waals surface area (Å²) in [5, 5.41) is 12.0. The molecule has 3 N–H and O–H groups in total. The van der Waals surface area contributed by atoms with Gasteiger partial charge in [0.25, 0.3) is 0 Å². The van der Waals surface area contributed by atoms with Crippen LogP contribution in [-0.2, 0) is 16.4 Å². The summed E-state index contributed by atoms with van der Waals surface area (Å²) in [6, 6.07) is 2.06. The second-order valence-electron chi connectivity index (χ2n) is 3.00. The predicted molar refractivity (Wildman–Crippen MR) is 58.9 cm³/mol. The molecule has 0 aromatic carbocycles. The Kier molecular flexibility index (Phi) is 4.53. The first-order chi connectivity index (χ1) is 6.58. The zero-order valence-electron chi connectivity index (χ0n) is 7.77. The van der Waals surface area contributed by atoms with Crippen molar-refractivity contribution in [3.05, 3.63) is 22.4 Å². The van der Waals surface area contributed by atoms with Crippen LogP contribution in [0.5, 0.6) is 0 Å². The number of nitrogens with one attached hydrogen (secondary N) is 1. The van der Waals surface area contributed by atoms with Crippen LogP contribution in [0.3, 0.4) is 0 Å². The molecular formula is C8H14N2O2S2. The van der Waals surface area contributed by atoms with Gasteiger partial charge in [0.05, 0.1) is 5.75 Å². The third kappa shape index (κ3) is 5.33. The maximum Gasteiger partial charge on any atom is 0.210 e. The summed E-state index contributed by atoms with van der Waals surface area (Å²) < 4.78 is 21.1. The van der Waals surface area contributed by atoms with Gasteiger partial charge in [0.2, 0.25) is 10.0 Å². The van der Waals surface area contributed by atoms with Crippen LogP contribution >= 0.6 is 11.3 Å². The van der Waals surface area contributed by atoms with E-state index in [0.717, 1.165) is 13.0 Å². The lowest BCUT2D eigenvalue weighted by Crippen LogP contribution is -2.28. The minimum atomic E-state index is -3.32. The molecule has 14 heavy (non-hydrogen) atoms. The molecule has 6 heteroatoms. The molecule has 0 atom stereocenters. The molecule has 0 aliphatic carbocycles. The topological polar surface area (TPSA) is 72.2 Å². The van der Waals surface area contributed by atoms with Gasteiger partial charge in [-0.2, -0.15) is 11.3 Å². The maximum atomic E-state index is 10.6. The number of hydrogen-bond acceptors (Lipinski definition) is 4. The first kappa shape index (κ1) is 11.6. The Labute approximate surface area is 88.2 Å². The molecule has 1 aromatic rings. The largest absolute Gasteiger partial charge is 0.315 e. The number of thiophene rings is 1. The van der Waals surface area contributed by atoms with Crippen LogP contribution in [0, 0.1) is 0 Å². The van der Waals surface area contributed by atoms with Crippen molar-refractivity contribution in [3.63, 3.8) is 0 Å². The summed E-state index contributed by atoms with van der Waals surface area (Å²) in [5.74, 6) is -0.00334. The van der Waals surface area contributed by atoms with E-state index in [9.17, 15) is 8.42 Å². The molecule has 80 valence electrons. The average molecular weight is 234 g/mol. The van der Waals surface area contributed by atoms with E-state index >= 15 is 0 Å². The number of rotatable bonds is 6. The highest BCUT2D eigenvalue weighted by Crippen LogP contribution is 2.05. The number of primary sulfonamides is 1. The van der Waals surface area contributed by atoms with Gasteiger partial charge in [0.1, 0.15) is 0 Å². The molecule has 4 nitrogen and oxygen atoms in total. The summed E-state index contributed by atoms with van der Waals surface area (Å²) in [6.45, 7) is 1.20. The molecule has 0 aliphatic heterocycles. The zero-order chi connectivity index (χ0) is 10.4. The van der Waals surface area contributed by atoms with Gasteiger partial charge in [-0.05, 0) is 35.4 Å². The lowest BCUT2D eigenvalue weighted by molar-refractivity contribution is 0.592. The molecule has 0 radical (unpaired) electrons. The van der Waals surface area contributed by atoms with Crippen LogP contribution in [0.1, 0.15) is 5.56 Å². The van der Waals surface area contributed by atoms with E-state index in [1.165, 1.54) is 5.56 Å². The first-order valence-corrected chi connectivity index (χ1v) is 6.96. The van der Waals surface area contributed by atoms with E-state index in [0.29, 0.717) is 6.54 Å². The van der Waals surface area contributed by atoms with Crippen LogP contribution < -0.4 is 10.5 Å². The van der Waals surface area contributed by atoms with Crippen LogP contribution in [0.4, 0.5) is 0 Å². The third-order valence-corrected chi connectivity index (χ3v) is 3.24. The molecular weight excluding hydrogens is 220 g/mol. The zero-order valence-corrected chi connectivity index (χ0v) is 9.40. The molecule has 0 saturated carbocycles. The summed E-state index contributed by atoms with van der Waals surface area (Å²) in [4.78, 5) is 0. The number of sulfonamides is 1. The van der Waals surface area contributed by atoms with Crippen molar-refractivity contribution in [1.82, 2.24) is 5.32 Å². The van der Waals surface area contributed by atoms with E-state index in [1.807, 2.05) is 5.38 Å². The highest BCUT2D eigenvalue weighted by molar-refractivity contribution is 7.89. The van der Waals surface area contributed by atoms with Crippen molar-refractivity contribution in [3.8, 4) is 0 Å². The minimum Gasteiger partial charge on any atom is -0.315 e. The van der Waals surface area contributed by atoms with Crippen LogP contribution in [-0.4, -0.2) is 27.3 Å². The van der Waals surface area contributed by atoms with Gasteiger partial charge in [-0.15, -0.1) is 0 Å². The SMILES string of the molecule is NS(=O)(=O)CCNCCc1ccsc1. The fourth-order valence-corrected chi connectivity index (χ4v) is 2.14. The first-order valence-electron chi connectivity index (χ1n) is 4.30. The lowest BCUT2D eigenvalue weighted by atomic mass is 10.2. The second-order valence-corrected chi connectivity index (χ2v) is 5.51. The highest BCUT2D eigenvalue weighted by atomic mass is 32.2. The summed E-state index contributed by atoms with van der Waals surface area (Å²) in [7, 11) is -3.32. The molecule has 1 rings (SSSR count). The molecule has 0 spiro atoms. The predicted octanol–water partition coefficient (Wildman–Crippen LogP) is 0.169. The Morgan fingerprint density at radius 2 is 2.21 bits per heavy atom. The van der Waals surface area contributed by atoms with E-state index in [-0.39, 0.29) is 5.75 Å². The van der Waals surface area contributed by atoms with Gasteiger partial charge in [-0.1, -0.05) is 0 Å². The Morgan fingerprint density at radius 1 is 1.43 bits per heavy atom. The van der Waals surface area contributed by atoms with Gasteiger partial charge in [-0.3, -0.25) is 0 Å². The lowest BCUT2D eigenvalue weighted by Gasteiger charge is -2.01. The van der Waals surface area contributed by atoms with Crippen LogP contribution in [0.2, 0.25) is 0 Å². The van der Waals surface area contributed by atoms with Crippen molar-refractivity contribution in [2.45, 2.75) is 6.42 Å². The van der Waals surface area contributed by atoms with Crippen LogP contribution in [0.15, 0.2) is 16.8 Å². The normalized spacial score (nSPS) is 11.8. The summed E-state index contributed by atoms with van der Waals surface area (Å²) in [6.07, 6.45) is 0.925. The van der Waals surface area contributed by atoms with Gasteiger partial charge in [-0.25, -0.2) is 13.6 Å². The smallest absolute Gasteiger partial charge is 0.210 e. The van der Waals surface area contributed by atoms with Crippen molar-refractivity contribution in [2.75, 3.05) is 18.8 Å². The molecule has 0 bridgehead atoms. The summed E-state index contributed by atoms with van der Waals surface area (Å²) >= 11 is 1.66. The monoisotopic (exact) mass is 234 g/mol. The van der Waals surface area contributed by atoms with Crippen molar-refractivity contribution in [2.24, 2.45) is 5.14 Å². The number of hydrogen-bond donors (Lipinski definition) is 2. The Balaban J connectivity index is 2.06. The average Bonchev–Trinajstić information content (AvgIpc) is 2.54. The van der Waals surface area contributed by atoms with Crippen LogP contribution in [0.25, 0.3) is 0 Å². The standard InChI is InChI=1S/C8H14N2O2S2/c9-14(11,12)6-4-10-3-1-8-2-5-13-7-8/h2,5,7,10H,1,3-4,6H2,(H2,9,11,12). The van der Waals surface area contributed by atoms with E-state index in [4.69, 9.17) is 5.14 Å². The molecule has 0 amide bonds. The highest BCUT2D eigenvalue weighted by Gasteiger charge is 2.00. The quantitative estimate of drug-likeness (QED) is 0.689. The maximum absolute atomic E-state index is 10.6. The van der Waals surface area contributed by atoms with Crippen molar-refractivity contribution >= 4 is 21.4 Å². The van der Waals surface area contributed by atoms with E-state index < -0.39 is 10.0 Å². The van der Waals surface area contributed by atoms with Gasteiger partial charge in [0.15, 0.2) is 0 Å². The molecule has 1 aromatic heterocycles. The van der Waals surface area contributed by atoms with Gasteiger partial charge >= 0.3 is 0 Å². The van der Waals surface area contributed by atoms with Gasteiger partial charge < -0.3 is 5.32 Å². The fraction of sp³-hybridized carbons (Fsp3) is 0.500. The molecule has 1 heterocycles. The molecule has 0 unspecified atom stereocenters. The third-order valence-electron chi connectivity index (χ3n) is 1.73. The second kappa shape index (κ2) is 5.45. The van der Waals surface area contributed by atoms with Crippen molar-refractivity contribution in [1.29, 1.82) is 0 Å². The van der Waals surface area contributed by atoms with Gasteiger partial charge in [0, 0.05) is 6.54 Å². The summed E-state index contributed by atoms with van der Waals surface area (Å²) in [5.41, 5.74) is 1.28. The number of nitrogens with two attached hydrogens (primary N) is 1. The fourth-order valence-electron chi connectivity index (χ4n) is 1.01. The molecule has 0 fully saturated rings. The van der Waals surface area contributed by atoms with E-state index in [1.54, 1.807) is 11.3 Å². The Bertz CT molecular complexity index is 345.